The third-order valence-corrected chi connectivity index (χ3v) is 1.95. The summed E-state index contributed by atoms with van der Waals surface area (Å²) in [6.07, 6.45) is -0.572. The van der Waals surface area contributed by atoms with E-state index in [1.807, 2.05) is 0 Å². The number of nitrogens with zero attached hydrogens (tertiary/aromatic N) is 1. The minimum absolute atomic E-state index is 0.240. The van der Waals surface area contributed by atoms with E-state index in [0.29, 0.717) is 0 Å². The van der Waals surface area contributed by atoms with Crippen LogP contribution in [0.4, 0.5) is 4.79 Å². The summed E-state index contributed by atoms with van der Waals surface area (Å²) in [5.74, 6) is 0. The van der Waals surface area contributed by atoms with E-state index in [-0.39, 0.29) is 10.3 Å². The van der Waals surface area contributed by atoms with Crippen molar-refractivity contribution in [2.24, 2.45) is 0 Å². The molecule has 1 aromatic heterocycles. The maximum absolute atomic E-state index is 11.5. The van der Waals surface area contributed by atoms with Crippen LogP contribution in [0.3, 0.4) is 0 Å². The van der Waals surface area contributed by atoms with Crippen LogP contribution < -0.4 is 0 Å². The summed E-state index contributed by atoms with van der Waals surface area (Å²) < 4.78 is 6.20. The molecule has 78 valence electrons. The largest absolute Gasteiger partial charge is 0.443 e. The van der Waals surface area contributed by atoms with Crippen LogP contribution >= 0.6 is 23.2 Å². The van der Waals surface area contributed by atoms with Crippen molar-refractivity contribution < 1.29 is 9.53 Å². The van der Waals surface area contributed by atoms with E-state index in [4.69, 9.17) is 27.9 Å². The van der Waals surface area contributed by atoms with Crippen LogP contribution in [0.25, 0.3) is 0 Å². The third kappa shape index (κ3) is 2.66. The molecule has 0 bridgehead atoms. The lowest BCUT2D eigenvalue weighted by molar-refractivity contribution is 0.0538. The maximum Gasteiger partial charge on any atom is 0.420 e. The number of carbonyl (C=O) groups is 1. The molecule has 0 N–H and O–H groups in total. The molecule has 14 heavy (non-hydrogen) atoms. The van der Waals surface area contributed by atoms with Crippen molar-refractivity contribution in [1.29, 1.82) is 0 Å². The highest BCUT2D eigenvalue weighted by molar-refractivity contribution is 6.34. The zero-order chi connectivity index (χ0) is 10.9. The fraction of sp³-hybridized carbons (Fsp3) is 0.444. The van der Waals surface area contributed by atoms with Gasteiger partial charge in [-0.05, 0) is 32.9 Å². The molecule has 5 heteroatoms. The maximum atomic E-state index is 11.5. The Kier molecular flexibility index (Phi) is 3.12. The fourth-order valence-corrected chi connectivity index (χ4v) is 1.36. The third-order valence-electron chi connectivity index (χ3n) is 1.36. The molecule has 0 fully saturated rings. The van der Waals surface area contributed by atoms with Crippen LogP contribution in [-0.2, 0) is 4.74 Å². The lowest BCUT2D eigenvalue weighted by Crippen LogP contribution is -2.27. The van der Waals surface area contributed by atoms with Crippen molar-refractivity contribution in [1.82, 2.24) is 4.57 Å². The Bertz CT molecular complexity index is 333. The molecule has 0 spiro atoms. The molecule has 0 aliphatic rings. The number of aromatic nitrogens is 1. The minimum atomic E-state index is -0.572. The van der Waals surface area contributed by atoms with E-state index in [9.17, 15) is 4.79 Å². The predicted molar refractivity (Wildman–Crippen MR) is 56.1 cm³/mol. The number of hydrogen-bond donors (Lipinski definition) is 0. The number of carbonyl (C=O) groups excluding carboxylic acids is 1. The highest BCUT2D eigenvalue weighted by Gasteiger charge is 2.20. The summed E-state index contributed by atoms with van der Waals surface area (Å²) in [6.45, 7) is 5.32. The summed E-state index contributed by atoms with van der Waals surface area (Å²) in [7, 11) is 0. The lowest BCUT2D eigenvalue weighted by Gasteiger charge is -2.20. The van der Waals surface area contributed by atoms with Crippen molar-refractivity contribution >= 4 is 29.3 Å². The van der Waals surface area contributed by atoms with E-state index < -0.39 is 11.7 Å². The normalized spacial score (nSPS) is 11.5. The van der Waals surface area contributed by atoms with Crippen LogP contribution in [0.2, 0.25) is 10.3 Å². The Balaban J connectivity index is 2.90. The second kappa shape index (κ2) is 3.83. The van der Waals surface area contributed by atoms with Crippen molar-refractivity contribution in [3.05, 3.63) is 22.4 Å². The van der Waals surface area contributed by atoms with Crippen LogP contribution in [0.5, 0.6) is 0 Å². The average Bonchev–Trinajstić information content (AvgIpc) is 2.27. The van der Waals surface area contributed by atoms with Gasteiger partial charge in [0.05, 0.1) is 0 Å². The molecule has 0 radical (unpaired) electrons. The van der Waals surface area contributed by atoms with E-state index in [1.165, 1.54) is 12.1 Å². The molecule has 1 rings (SSSR count). The molecule has 0 amide bonds. The fourth-order valence-electron chi connectivity index (χ4n) is 0.871. The van der Waals surface area contributed by atoms with Gasteiger partial charge in [0, 0.05) is 0 Å². The Labute approximate surface area is 92.6 Å². The summed E-state index contributed by atoms with van der Waals surface area (Å²) in [4.78, 5) is 11.5. The molecular weight excluding hydrogens is 225 g/mol. The van der Waals surface area contributed by atoms with Crippen molar-refractivity contribution in [2.45, 2.75) is 26.4 Å². The number of halogens is 2. The van der Waals surface area contributed by atoms with E-state index in [1.54, 1.807) is 20.8 Å². The van der Waals surface area contributed by atoms with Gasteiger partial charge >= 0.3 is 6.09 Å². The standard InChI is InChI=1S/C9H11Cl2NO2/c1-9(2,3)14-8(13)12-6(10)4-5-7(12)11/h4-5H,1-3H3. The van der Waals surface area contributed by atoms with Gasteiger partial charge in [-0.3, -0.25) is 0 Å². The van der Waals surface area contributed by atoms with Crippen molar-refractivity contribution in [3.63, 3.8) is 0 Å². The first-order valence-corrected chi connectivity index (χ1v) is 4.83. The topological polar surface area (TPSA) is 31.2 Å². The number of rotatable bonds is 0. The molecular formula is C9H11Cl2NO2. The average molecular weight is 236 g/mol. The smallest absolute Gasteiger partial charge is 0.420 e. The first-order chi connectivity index (χ1) is 6.31. The monoisotopic (exact) mass is 235 g/mol. The first-order valence-electron chi connectivity index (χ1n) is 4.07. The second-order valence-electron chi connectivity index (χ2n) is 3.79. The molecule has 0 aliphatic carbocycles. The van der Waals surface area contributed by atoms with Crippen LogP contribution in [-0.4, -0.2) is 16.3 Å². The predicted octanol–water partition coefficient (Wildman–Crippen LogP) is 3.58. The highest BCUT2D eigenvalue weighted by atomic mass is 35.5. The molecule has 1 aromatic rings. The second-order valence-corrected chi connectivity index (χ2v) is 4.57. The quantitative estimate of drug-likeness (QED) is 0.689. The van der Waals surface area contributed by atoms with Crippen molar-refractivity contribution in [3.8, 4) is 0 Å². The lowest BCUT2D eigenvalue weighted by atomic mass is 10.2. The van der Waals surface area contributed by atoms with E-state index in [2.05, 4.69) is 0 Å². The van der Waals surface area contributed by atoms with Gasteiger partial charge in [0.1, 0.15) is 15.9 Å². The van der Waals surface area contributed by atoms with Crippen molar-refractivity contribution in [2.75, 3.05) is 0 Å². The van der Waals surface area contributed by atoms with Crippen LogP contribution in [0, 0.1) is 0 Å². The molecule has 0 unspecified atom stereocenters. The van der Waals surface area contributed by atoms with Gasteiger partial charge in [-0.1, -0.05) is 23.2 Å². The number of hydrogen-bond acceptors (Lipinski definition) is 2. The van der Waals surface area contributed by atoms with Gasteiger partial charge in [0.15, 0.2) is 0 Å². The minimum Gasteiger partial charge on any atom is -0.443 e. The Morgan fingerprint density at radius 1 is 1.29 bits per heavy atom. The van der Waals surface area contributed by atoms with Gasteiger partial charge in [-0.25, -0.2) is 9.36 Å². The Morgan fingerprint density at radius 3 is 2.07 bits per heavy atom. The first kappa shape index (κ1) is 11.4. The number of ether oxygens (including phenoxy) is 1. The SMILES string of the molecule is CC(C)(C)OC(=O)n1c(Cl)ccc1Cl. The Hall–Kier alpha value is -0.670. The summed E-state index contributed by atoms with van der Waals surface area (Å²) in [6, 6.07) is 3.07. The molecule has 0 saturated carbocycles. The van der Waals surface area contributed by atoms with Gasteiger partial charge < -0.3 is 4.74 Å². The summed E-state index contributed by atoms with van der Waals surface area (Å²) >= 11 is 11.5. The molecule has 3 nitrogen and oxygen atoms in total. The zero-order valence-electron chi connectivity index (χ0n) is 8.17. The van der Waals surface area contributed by atoms with E-state index in [0.717, 1.165) is 4.57 Å². The Morgan fingerprint density at radius 2 is 1.71 bits per heavy atom. The molecule has 0 aromatic carbocycles. The highest BCUT2D eigenvalue weighted by Crippen LogP contribution is 2.21. The van der Waals surface area contributed by atoms with Crippen LogP contribution in [0.15, 0.2) is 12.1 Å². The molecule has 1 heterocycles. The van der Waals surface area contributed by atoms with Crippen LogP contribution in [0.1, 0.15) is 20.8 Å². The molecule has 0 atom stereocenters. The van der Waals surface area contributed by atoms with Gasteiger partial charge in [-0.2, -0.15) is 0 Å². The van der Waals surface area contributed by atoms with Gasteiger partial charge in [0.2, 0.25) is 0 Å². The summed E-state index contributed by atoms with van der Waals surface area (Å²) in [5.41, 5.74) is -0.561. The summed E-state index contributed by atoms with van der Waals surface area (Å²) in [5, 5.41) is 0.480. The van der Waals surface area contributed by atoms with Gasteiger partial charge in [-0.15, -0.1) is 0 Å². The van der Waals surface area contributed by atoms with E-state index >= 15 is 0 Å². The molecule has 0 saturated heterocycles. The van der Waals surface area contributed by atoms with Gasteiger partial charge in [0.25, 0.3) is 0 Å². The molecule has 0 aliphatic heterocycles. The zero-order valence-corrected chi connectivity index (χ0v) is 9.69.